The van der Waals surface area contributed by atoms with Crippen LogP contribution in [-0.2, 0) is 12.2 Å². The molecule has 1 aliphatic heterocycles. The molecule has 0 bridgehead atoms. The van der Waals surface area contributed by atoms with Gasteiger partial charge < -0.3 is 15.2 Å². The fourth-order valence-electron chi connectivity index (χ4n) is 3.23. The molecule has 1 aromatic heterocycles. The summed E-state index contributed by atoms with van der Waals surface area (Å²) in [6.45, 7) is 0.939. The Bertz CT molecular complexity index is 1070. The molecule has 2 aromatic carbocycles. The monoisotopic (exact) mass is 377 g/mol. The lowest BCUT2D eigenvalue weighted by atomic mass is 9.89. The van der Waals surface area contributed by atoms with Crippen molar-refractivity contribution in [2.75, 3.05) is 18.4 Å². The summed E-state index contributed by atoms with van der Waals surface area (Å²) in [4.78, 5) is 24.5. The van der Waals surface area contributed by atoms with E-state index in [0.717, 1.165) is 5.56 Å². The number of alkyl halides is 1. The number of anilines is 1. The molecule has 5 nitrogen and oxygen atoms in total. The van der Waals surface area contributed by atoms with E-state index in [1.165, 1.54) is 6.07 Å². The van der Waals surface area contributed by atoms with Crippen LogP contribution in [0.5, 0.6) is 0 Å². The van der Waals surface area contributed by atoms with Gasteiger partial charge in [-0.3, -0.25) is 9.59 Å². The molecule has 3 aromatic rings. The van der Waals surface area contributed by atoms with E-state index >= 15 is 0 Å². The topological polar surface area (TPSA) is 63.1 Å². The number of carbonyl (C=O) groups excluding carboxylic acids is 1. The molecule has 28 heavy (non-hydrogen) atoms. The maximum Gasteiger partial charge on any atom is 0.255 e. The molecule has 2 N–H and O–H groups in total. The highest BCUT2D eigenvalue weighted by atomic mass is 19.1. The predicted molar refractivity (Wildman–Crippen MR) is 106 cm³/mol. The van der Waals surface area contributed by atoms with Gasteiger partial charge in [0.2, 0.25) is 0 Å². The van der Waals surface area contributed by atoms with E-state index in [4.69, 9.17) is 0 Å². The van der Waals surface area contributed by atoms with Crippen molar-refractivity contribution >= 4 is 11.6 Å². The molecule has 0 unspecified atom stereocenters. The summed E-state index contributed by atoms with van der Waals surface area (Å²) in [6, 6.07) is 19.0. The van der Waals surface area contributed by atoms with Crippen molar-refractivity contribution in [2.45, 2.75) is 12.2 Å². The number of hydrogen-bond donors (Lipinski definition) is 2. The highest BCUT2D eigenvalue weighted by molar-refractivity contribution is 6.04. The number of hydrogen-bond acceptors (Lipinski definition) is 3. The molecule has 1 amide bonds. The van der Waals surface area contributed by atoms with Gasteiger partial charge in [-0.2, -0.15) is 0 Å². The van der Waals surface area contributed by atoms with Crippen LogP contribution in [0.1, 0.15) is 21.5 Å². The standard InChI is InChI=1S/C22H20FN3O2/c23-22(14-24-15-22)18-7-4-6-17(12-18)21(28)25-19-8-3-5-16(11-19)13-26-10-2-1-9-20(26)27/h1-12,24H,13-15H2,(H,25,28). The first-order chi connectivity index (χ1) is 13.5. The molecule has 4 rings (SSSR count). The molecular weight excluding hydrogens is 357 g/mol. The Hall–Kier alpha value is -3.25. The Morgan fingerprint density at radius 1 is 1.07 bits per heavy atom. The van der Waals surface area contributed by atoms with E-state index in [-0.39, 0.29) is 24.6 Å². The lowest BCUT2D eigenvalue weighted by molar-refractivity contribution is 0.0889. The fourth-order valence-corrected chi connectivity index (χ4v) is 3.23. The highest BCUT2D eigenvalue weighted by Crippen LogP contribution is 2.30. The van der Waals surface area contributed by atoms with Gasteiger partial charge in [-0.1, -0.05) is 30.3 Å². The zero-order chi connectivity index (χ0) is 19.6. The summed E-state index contributed by atoms with van der Waals surface area (Å²) in [5, 5.41) is 5.77. The second-order valence-electron chi connectivity index (χ2n) is 6.97. The lowest BCUT2D eigenvalue weighted by Crippen LogP contribution is -2.53. The van der Waals surface area contributed by atoms with Gasteiger partial charge in [0, 0.05) is 36.6 Å². The third kappa shape index (κ3) is 3.73. The number of aromatic nitrogens is 1. The summed E-state index contributed by atoms with van der Waals surface area (Å²) in [7, 11) is 0. The van der Waals surface area contributed by atoms with E-state index < -0.39 is 5.67 Å². The van der Waals surface area contributed by atoms with Gasteiger partial charge in [0.1, 0.15) is 0 Å². The normalized spacial score (nSPS) is 14.9. The predicted octanol–water partition coefficient (Wildman–Crippen LogP) is 2.92. The van der Waals surface area contributed by atoms with Crippen LogP contribution in [-0.4, -0.2) is 23.6 Å². The van der Waals surface area contributed by atoms with E-state index in [1.54, 1.807) is 53.2 Å². The van der Waals surface area contributed by atoms with Crippen molar-refractivity contribution < 1.29 is 9.18 Å². The molecule has 1 fully saturated rings. The smallest absolute Gasteiger partial charge is 0.255 e. The Balaban J connectivity index is 1.50. The van der Waals surface area contributed by atoms with Gasteiger partial charge in [-0.15, -0.1) is 0 Å². The number of nitrogens with zero attached hydrogens (tertiary/aromatic N) is 1. The molecule has 0 saturated carbocycles. The number of amides is 1. The van der Waals surface area contributed by atoms with Gasteiger partial charge in [-0.25, -0.2) is 4.39 Å². The summed E-state index contributed by atoms with van der Waals surface area (Å²) >= 11 is 0. The number of benzene rings is 2. The van der Waals surface area contributed by atoms with Gasteiger partial charge in [0.05, 0.1) is 6.54 Å². The number of nitrogens with one attached hydrogen (secondary N) is 2. The van der Waals surface area contributed by atoms with Crippen LogP contribution < -0.4 is 16.2 Å². The SMILES string of the molecule is O=C(Nc1cccc(Cn2ccccc2=O)c1)c1cccc(C2(F)CNC2)c1. The van der Waals surface area contributed by atoms with E-state index in [1.807, 2.05) is 18.2 Å². The van der Waals surface area contributed by atoms with Gasteiger partial charge >= 0.3 is 0 Å². The Labute approximate surface area is 161 Å². The summed E-state index contributed by atoms with van der Waals surface area (Å²) < 4.78 is 16.2. The number of pyridine rings is 1. The third-order valence-electron chi connectivity index (χ3n) is 4.89. The minimum absolute atomic E-state index is 0.0839. The van der Waals surface area contributed by atoms with Crippen LogP contribution in [0.25, 0.3) is 0 Å². The van der Waals surface area contributed by atoms with Gasteiger partial charge in [0.15, 0.2) is 5.67 Å². The van der Waals surface area contributed by atoms with Crippen molar-refractivity contribution in [2.24, 2.45) is 0 Å². The molecule has 1 aliphatic rings. The fraction of sp³-hybridized carbons (Fsp3) is 0.182. The largest absolute Gasteiger partial charge is 0.322 e. The van der Waals surface area contributed by atoms with Crippen LogP contribution in [0.3, 0.4) is 0 Å². The second kappa shape index (κ2) is 7.40. The first-order valence-corrected chi connectivity index (χ1v) is 9.09. The molecule has 6 heteroatoms. The van der Waals surface area contributed by atoms with Crippen molar-refractivity contribution in [3.8, 4) is 0 Å². The molecule has 0 atom stereocenters. The van der Waals surface area contributed by atoms with Crippen LogP contribution in [0.2, 0.25) is 0 Å². The Kier molecular flexibility index (Phi) is 4.79. The Morgan fingerprint density at radius 3 is 2.64 bits per heavy atom. The Morgan fingerprint density at radius 2 is 1.89 bits per heavy atom. The minimum atomic E-state index is -1.40. The third-order valence-corrected chi connectivity index (χ3v) is 4.89. The lowest BCUT2D eigenvalue weighted by Gasteiger charge is -2.35. The molecule has 142 valence electrons. The maximum absolute atomic E-state index is 14.6. The number of carbonyl (C=O) groups is 1. The average molecular weight is 377 g/mol. The average Bonchev–Trinajstić information content (AvgIpc) is 2.68. The van der Waals surface area contributed by atoms with E-state index in [0.29, 0.717) is 23.4 Å². The first-order valence-electron chi connectivity index (χ1n) is 9.09. The first kappa shape index (κ1) is 18.1. The molecule has 0 aliphatic carbocycles. The zero-order valence-electron chi connectivity index (χ0n) is 15.2. The highest BCUT2D eigenvalue weighted by Gasteiger charge is 2.38. The zero-order valence-corrected chi connectivity index (χ0v) is 15.2. The van der Waals surface area contributed by atoms with Gasteiger partial charge in [0.25, 0.3) is 11.5 Å². The van der Waals surface area contributed by atoms with Crippen LogP contribution in [0.4, 0.5) is 10.1 Å². The van der Waals surface area contributed by atoms with Crippen LogP contribution >= 0.6 is 0 Å². The van der Waals surface area contributed by atoms with Crippen molar-refractivity contribution in [3.63, 3.8) is 0 Å². The van der Waals surface area contributed by atoms with Crippen molar-refractivity contribution in [1.29, 1.82) is 0 Å². The summed E-state index contributed by atoms with van der Waals surface area (Å²) in [6.07, 6.45) is 1.72. The van der Waals surface area contributed by atoms with Crippen LogP contribution in [0.15, 0.2) is 77.7 Å². The van der Waals surface area contributed by atoms with Crippen LogP contribution in [0, 0.1) is 0 Å². The molecule has 1 saturated heterocycles. The van der Waals surface area contributed by atoms with Crippen molar-refractivity contribution in [3.05, 3.63) is 100.0 Å². The summed E-state index contributed by atoms with van der Waals surface area (Å²) in [5.74, 6) is -0.299. The molecule has 0 radical (unpaired) electrons. The summed E-state index contributed by atoms with van der Waals surface area (Å²) in [5.41, 5.74) is 0.945. The number of rotatable bonds is 5. The van der Waals surface area contributed by atoms with Gasteiger partial charge in [-0.05, 0) is 41.5 Å². The number of halogens is 1. The quantitative estimate of drug-likeness (QED) is 0.719. The maximum atomic E-state index is 14.6. The molecule has 0 spiro atoms. The molecular formula is C22H20FN3O2. The minimum Gasteiger partial charge on any atom is -0.322 e. The van der Waals surface area contributed by atoms with E-state index in [2.05, 4.69) is 10.6 Å². The molecule has 2 heterocycles. The second-order valence-corrected chi connectivity index (χ2v) is 6.97. The van der Waals surface area contributed by atoms with E-state index in [9.17, 15) is 14.0 Å². The van der Waals surface area contributed by atoms with Crippen molar-refractivity contribution in [1.82, 2.24) is 9.88 Å².